The second-order valence-electron chi connectivity index (χ2n) is 12.3. The van der Waals surface area contributed by atoms with E-state index in [0.29, 0.717) is 0 Å². The monoisotopic (exact) mass is 998 g/mol. The van der Waals surface area contributed by atoms with Crippen LogP contribution in [-0.2, 0) is 40.5 Å². The van der Waals surface area contributed by atoms with E-state index in [2.05, 4.69) is 31.1 Å². The van der Waals surface area contributed by atoms with Crippen molar-refractivity contribution in [1.82, 2.24) is 0 Å². The molecule has 0 aliphatic heterocycles. The molecule has 31 heteroatoms. The van der Waals surface area contributed by atoms with E-state index in [1.165, 1.54) is 24.3 Å². The van der Waals surface area contributed by atoms with Crippen LogP contribution in [0.5, 0.6) is 11.5 Å². The number of benzene rings is 6. The molecule has 0 saturated carbocycles. The molecule has 0 saturated heterocycles. The number of hydrogen-bond donors (Lipinski definition) is 10. The number of nitrogens with two attached hydrogens (primary N) is 2. The number of hydrogen-bond acceptors (Lipinski definition) is 17. The average molecular weight is 999 g/mol. The molecule has 0 atom stereocenters. The number of nitrogens with zero attached hydrogens (tertiary/aromatic N) is 4. The fraction of sp³-hybridized carbons (Fsp3) is 0. The number of phenolic OH excluding ortho intramolecular Hbond substituents is 2. The fourth-order valence-electron chi connectivity index (χ4n) is 5.61. The van der Waals surface area contributed by atoms with Crippen LogP contribution >= 0.6 is 0 Å². The minimum atomic E-state index is -5.09. The first-order valence-corrected chi connectivity index (χ1v) is 21.8. The summed E-state index contributed by atoms with van der Waals surface area (Å²) in [4.78, 5) is 9.88. The molecule has 2 amide bonds. The standard InChI is InChI=1S/C33H26N8O15S4.4Na.4H/c34-21-5-1-15-9-19(57(45,46)47)13-25(42)29(15)31(21)40-38-23-7-3-17(11-27(23)59(51,52)53)36-33(44)37-18-4-8-24(28(12-18)60(54,55)56)39-41-32-22(35)6-2-16-10-20(58(48,49)50)14-26(43)30(16)32;;;;;;;;/h1-14,42-43H,34-35H2,(H2,36,37,44)(H,45,46,47)(H,48,49,50)(H,51,52,53)(H,54,55,56);;;;;;;;/q;4*+1;4*-1. The van der Waals surface area contributed by atoms with Crippen LogP contribution in [-0.4, -0.2) is 68.1 Å². The molecule has 0 unspecified atom stereocenters. The summed E-state index contributed by atoms with van der Waals surface area (Å²) in [6.07, 6.45) is 0. The van der Waals surface area contributed by atoms with E-state index in [1.54, 1.807) is 0 Å². The van der Waals surface area contributed by atoms with Crippen LogP contribution in [0.15, 0.2) is 125 Å². The molecule has 0 radical (unpaired) electrons. The van der Waals surface area contributed by atoms with E-state index < -0.39 is 89.0 Å². The Morgan fingerprint density at radius 1 is 0.484 bits per heavy atom. The van der Waals surface area contributed by atoms with E-state index in [-0.39, 0.29) is 180 Å². The number of phenols is 2. The zero-order valence-electron chi connectivity index (χ0n) is 37.5. The van der Waals surface area contributed by atoms with Gasteiger partial charge in [0.25, 0.3) is 40.5 Å². The van der Waals surface area contributed by atoms with Gasteiger partial charge in [-0.1, -0.05) is 12.1 Å². The molecule has 0 spiro atoms. The van der Waals surface area contributed by atoms with Crippen LogP contribution in [0.2, 0.25) is 0 Å². The Hall–Kier alpha value is -2.85. The average Bonchev–Trinajstić information content (AvgIpc) is 3.13. The summed E-state index contributed by atoms with van der Waals surface area (Å²) in [5.74, 6) is -1.36. The van der Waals surface area contributed by atoms with Gasteiger partial charge in [0, 0.05) is 23.5 Å². The normalized spacial score (nSPS) is 11.9. The summed E-state index contributed by atoms with van der Waals surface area (Å²) in [6, 6.07) is 13.3. The third-order valence-corrected chi connectivity index (χ3v) is 11.7. The zero-order valence-corrected chi connectivity index (χ0v) is 44.8. The SMILES string of the molecule is Nc1ccc2cc(S(=O)(=O)O)cc(O)c2c1N=Nc1ccc(NC(=O)Nc2ccc(N=Nc3c(N)ccc4cc(S(=O)(=O)O)cc(O)c34)c(S(=O)(=O)O)c2)cc1S(=O)(=O)O.[H-].[H-].[H-].[H-].[Na+].[Na+].[Na+].[Na+]. The van der Waals surface area contributed by atoms with Crippen molar-refractivity contribution in [2.75, 3.05) is 22.1 Å². The Bertz CT molecular complexity index is 3170. The number of rotatable bonds is 10. The number of carbonyl (C=O) groups excluding carboxylic acids is 1. The number of anilines is 4. The maximum atomic E-state index is 12.9. The van der Waals surface area contributed by atoms with Crippen molar-refractivity contribution in [3.8, 4) is 11.5 Å². The van der Waals surface area contributed by atoms with Gasteiger partial charge in [0.05, 0.1) is 31.9 Å². The van der Waals surface area contributed by atoms with E-state index in [0.717, 1.165) is 60.7 Å². The van der Waals surface area contributed by atoms with Gasteiger partial charge in [0.15, 0.2) is 0 Å². The zero-order chi connectivity index (χ0) is 44.1. The fourth-order valence-corrected chi connectivity index (χ4v) is 7.98. The second kappa shape index (κ2) is 21.8. The van der Waals surface area contributed by atoms with Gasteiger partial charge in [-0.05, 0) is 71.4 Å². The van der Waals surface area contributed by atoms with Crippen LogP contribution in [0.25, 0.3) is 21.5 Å². The minimum Gasteiger partial charge on any atom is -1.00 e. The van der Waals surface area contributed by atoms with Crippen molar-refractivity contribution >= 4 is 114 Å². The van der Waals surface area contributed by atoms with E-state index in [9.17, 15) is 66.9 Å². The number of amides is 2. The van der Waals surface area contributed by atoms with Gasteiger partial charge in [-0.3, -0.25) is 18.2 Å². The Morgan fingerprint density at radius 2 is 0.828 bits per heavy atom. The topological polar surface area (TPSA) is 401 Å². The number of aromatic hydroxyl groups is 2. The van der Waals surface area contributed by atoms with Gasteiger partial charge in [-0.25, -0.2) is 4.79 Å². The molecule has 6 rings (SSSR count). The minimum absolute atomic E-state index is 0. The van der Waals surface area contributed by atoms with Crippen LogP contribution in [0.1, 0.15) is 5.71 Å². The molecule has 6 aromatic rings. The van der Waals surface area contributed by atoms with Gasteiger partial charge >= 0.3 is 124 Å². The molecule has 0 aliphatic carbocycles. The first-order valence-electron chi connectivity index (χ1n) is 16.0. The molecule has 0 bridgehead atoms. The Kier molecular flexibility index (Phi) is 19.6. The van der Waals surface area contributed by atoms with Gasteiger partial charge in [-0.15, -0.1) is 20.5 Å². The molecule has 64 heavy (non-hydrogen) atoms. The predicted molar refractivity (Wildman–Crippen MR) is 218 cm³/mol. The van der Waals surface area contributed by atoms with Gasteiger partial charge < -0.3 is 38.0 Å². The van der Waals surface area contributed by atoms with E-state index in [4.69, 9.17) is 11.5 Å². The number of azo groups is 2. The van der Waals surface area contributed by atoms with Crippen molar-refractivity contribution in [3.63, 3.8) is 0 Å². The first-order chi connectivity index (χ1) is 27.8. The van der Waals surface area contributed by atoms with Gasteiger partial charge in [0.2, 0.25) is 0 Å². The van der Waals surface area contributed by atoms with E-state index in [1.807, 2.05) is 0 Å². The molecule has 320 valence electrons. The number of fused-ring (bicyclic) bond motifs is 2. The molecular formula is C33H30N8Na4O15S4. The Labute approximate surface area is 457 Å². The summed E-state index contributed by atoms with van der Waals surface area (Å²) in [5.41, 5.74) is 9.74. The molecule has 0 heterocycles. The maximum absolute atomic E-state index is 12.9. The summed E-state index contributed by atoms with van der Waals surface area (Å²) < 4.78 is 135. The molecule has 0 aromatic heterocycles. The first kappa shape index (κ1) is 57.3. The molecule has 23 nitrogen and oxygen atoms in total. The van der Waals surface area contributed by atoms with Gasteiger partial charge in [0.1, 0.15) is 44.0 Å². The van der Waals surface area contributed by atoms with Crippen molar-refractivity contribution in [2.45, 2.75) is 19.6 Å². The van der Waals surface area contributed by atoms with Crippen LogP contribution < -0.4 is 140 Å². The summed E-state index contributed by atoms with van der Waals surface area (Å²) >= 11 is 0. The van der Waals surface area contributed by atoms with Crippen molar-refractivity contribution in [1.29, 1.82) is 0 Å². The third-order valence-electron chi connectivity index (χ3n) is 8.25. The molecule has 12 N–H and O–H groups in total. The summed E-state index contributed by atoms with van der Waals surface area (Å²) in [5, 5.41) is 40.9. The molecule has 0 fully saturated rings. The van der Waals surface area contributed by atoms with Crippen LogP contribution in [0.4, 0.5) is 50.3 Å². The Morgan fingerprint density at radius 3 is 1.14 bits per heavy atom. The smallest absolute Gasteiger partial charge is 1.00 e. The van der Waals surface area contributed by atoms with Crippen molar-refractivity contribution in [3.05, 3.63) is 84.9 Å². The number of nitrogens with one attached hydrogen (secondary N) is 2. The number of urea groups is 1. The van der Waals surface area contributed by atoms with Crippen molar-refractivity contribution in [2.24, 2.45) is 20.5 Å². The molecule has 6 aromatic carbocycles. The van der Waals surface area contributed by atoms with E-state index >= 15 is 0 Å². The van der Waals surface area contributed by atoms with Crippen LogP contribution in [0, 0.1) is 0 Å². The quantitative estimate of drug-likeness (QED) is 0.0265. The third kappa shape index (κ3) is 13.2. The number of carbonyl (C=O) groups is 1. The Balaban J connectivity index is -0.00000528. The summed E-state index contributed by atoms with van der Waals surface area (Å²) in [6.45, 7) is 0. The van der Waals surface area contributed by atoms with Gasteiger partial charge in [-0.2, -0.15) is 33.7 Å². The van der Waals surface area contributed by atoms with Crippen molar-refractivity contribution < 1.29 is 191 Å². The second-order valence-corrected chi connectivity index (χ2v) is 18.0. The largest absolute Gasteiger partial charge is 1.00 e. The molecular weight excluding hydrogens is 969 g/mol. The molecule has 0 aliphatic rings. The summed E-state index contributed by atoms with van der Waals surface area (Å²) in [7, 11) is -19.6. The van der Waals surface area contributed by atoms with Crippen LogP contribution in [0.3, 0.4) is 0 Å². The maximum Gasteiger partial charge on any atom is 1.00 e. The number of nitrogen functional groups attached to an aromatic ring is 2. The predicted octanol–water partition coefficient (Wildman–Crippen LogP) is -5.50.